The number of aldehydes is 1. The van der Waals surface area contributed by atoms with E-state index in [1.807, 2.05) is 30.4 Å². The molecule has 0 radical (unpaired) electrons. The van der Waals surface area contributed by atoms with Crippen molar-refractivity contribution in [2.24, 2.45) is 0 Å². The van der Waals surface area contributed by atoms with Crippen LogP contribution in [-0.4, -0.2) is 38.4 Å². The van der Waals surface area contributed by atoms with Gasteiger partial charge in [0.15, 0.2) is 0 Å². The number of nitrogens with zero attached hydrogens (tertiary/aromatic N) is 2. The van der Waals surface area contributed by atoms with Crippen LogP contribution >= 0.6 is 0 Å². The molecule has 2 aromatic rings. The first-order valence-corrected chi connectivity index (χ1v) is 9.97. The van der Waals surface area contributed by atoms with Gasteiger partial charge in [-0.25, -0.2) is 0 Å². The third-order valence-corrected chi connectivity index (χ3v) is 5.54. The molecule has 0 saturated carbocycles. The molecular weight excluding hydrogens is 362 g/mol. The Morgan fingerprint density at radius 2 is 1.72 bits per heavy atom. The number of hydrogen-bond donors (Lipinski definition) is 1. The van der Waals surface area contributed by atoms with Gasteiger partial charge in [-0.15, -0.1) is 0 Å². The largest absolute Gasteiger partial charge is 0.368 e. The molecule has 4 rings (SSSR count). The fraction of sp³-hybridized carbons (Fsp3) is 0.250. The van der Waals surface area contributed by atoms with Crippen molar-refractivity contribution in [2.45, 2.75) is 13.3 Å². The van der Waals surface area contributed by atoms with Crippen LogP contribution in [0.4, 0.5) is 17.1 Å². The number of carbonyl (C=O) groups excluding carboxylic acids is 2. The minimum absolute atomic E-state index is 0.113. The van der Waals surface area contributed by atoms with Crippen molar-refractivity contribution in [3.05, 3.63) is 77.4 Å². The van der Waals surface area contributed by atoms with Gasteiger partial charge in [-0.3, -0.25) is 9.59 Å². The van der Waals surface area contributed by atoms with Crippen LogP contribution in [0.3, 0.4) is 0 Å². The number of benzene rings is 2. The molecule has 2 aliphatic rings. The molecule has 29 heavy (non-hydrogen) atoms. The number of nitrogens with one attached hydrogen (secondary N) is 1. The van der Waals surface area contributed by atoms with Gasteiger partial charge in [-0.1, -0.05) is 36.4 Å². The van der Waals surface area contributed by atoms with Crippen LogP contribution in [0.25, 0.3) is 0 Å². The third kappa shape index (κ3) is 4.09. The Balaban J connectivity index is 1.51. The van der Waals surface area contributed by atoms with Crippen LogP contribution in [0.1, 0.15) is 22.3 Å². The van der Waals surface area contributed by atoms with Crippen molar-refractivity contribution in [3.63, 3.8) is 0 Å². The van der Waals surface area contributed by atoms with Crippen LogP contribution in [0.5, 0.6) is 0 Å². The molecular formula is C24H25N3O2. The summed E-state index contributed by atoms with van der Waals surface area (Å²) in [5, 5.41) is 3.02. The number of amides is 1. The Labute approximate surface area is 171 Å². The van der Waals surface area contributed by atoms with Gasteiger partial charge in [0.2, 0.25) is 0 Å². The molecule has 0 aromatic heterocycles. The molecule has 5 nitrogen and oxygen atoms in total. The van der Waals surface area contributed by atoms with Crippen molar-refractivity contribution in [1.29, 1.82) is 0 Å². The first-order chi connectivity index (χ1) is 14.2. The molecule has 5 heteroatoms. The summed E-state index contributed by atoms with van der Waals surface area (Å²) in [6, 6.07) is 13.9. The molecule has 1 N–H and O–H groups in total. The number of para-hydroxylation sites is 1. The molecule has 1 aliphatic heterocycles. The Morgan fingerprint density at radius 3 is 2.38 bits per heavy atom. The highest BCUT2D eigenvalue weighted by Crippen LogP contribution is 2.30. The zero-order valence-corrected chi connectivity index (χ0v) is 16.6. The Kier molecular flexibility index (Phi) is 5.47. The predicted molar refractivity (Wildman–Crippen MR) is 118 cm³/mol. The maximum absolute atomic E-state index is 12.6. The third-order valence-electron chi connectivity index (χ3n) is 5.54. The maximum atomic E-state index is 12.6. The summed E-state index contributed by atoms with van der Waals surface area (Å²) >= 11 is 0. The lowest BCUT2D eigenvalue weighted by Crippen LogP contribution is -2.47. The topological polar surface area (TPSA) is 52.6 Å². The van der Waals surface area contributed by atoms with Crippen molar-refractivity contribution in [3.8, 4) is 0 Å². The number of rotatable bonds is 5. The first-order valence-electron chi connectivity index (χ1n) is 9.97. The normalized spacial score (nSPS) is 16.0. The van der Waals surface area contributed by atoms with E-state index in [0.717, 1.165) is 43.7 Å². The summed E-state index contributed by atoms with van der Waals surface area (Å²) in [6.07, 6.45) is 7.14. The second-order valence-corrected chi connectivity index (χ2v) is 7.43. The van der Waals surface area contributed by atoms with E-state index in [1.54, 1.807) is 6.07 Å². The van der Waals surface area contributed by atoms with Crippen molar-refractivity contribution < 1.29 is 9.59 Å². The number of hydrogen-bond acceptors (Lipinski definition) is 4. The lowest BCUT2D eigenvalue weighted by atomic mass is 10.1. The Bertz CT molecular complexity index is 985. The van der Waals surface area contributed by atoms with E-state index >= 15 is 0 Å². The number of anilines is 3. The van der Waals surface area contributed by atoms with Gasteiger partial charge in [0.25, 0.3) is 5.91 Å². The van der Waals surface area contributed by atoms with Gasteiger partial charge in [-0.2, -0.15) is 0 Å². The quantitative estimate of drug-likeness (QED) is 0.789. The van der Waals surface area contributed by atoms with E-state index in [1.165, 1.54) is 11.3 Å². The highest BCUT2D eigenvalue weighted by Gasteiger charge is 2.22. The summed E-state index contributed by atoms with van der Waals surface area (Å²) < 4.78 is 0. The highest BCUT2D eigenvalue weighted by molar-refractivity contribution is 6.06. The summed E-state index contributed by atoms with van der Waals surface area (Å²) in [5.74, 6) is -0.113. The predicted octanol–water partition coefficient (Wildman–Crippen LogP) is 3.96. The molecule has 1 fully saturated rings. The van der Waals surface area contributed by atoms with Crippen LogP contribution in [-0.2, 0) is 4.79 Å². The average Bonchev–Trinajstić information content (AvgIpc) is 3.29. The first kappa shape index (κ1) is 19.0. The van der Waals surface area contributed by atoms with E-state index in [2.05, 4.69) is 46.3 Å². The smallest absolute Gasteiger partial charge is 0.251 e. The summed E-state index contributed by atoms with van der Waals surface area (Å²) in [5.41, 5.74) is 5.50. The van der Waals surface area contributed by atoms with Crippen LogP contribution in [0.15, 0.2) is 66.3 Å². The summed E-state index contributed by atoms with van der Waals surface area (Å²) in [4.78, 5) is 28.5. The second-order valence-electron chi connectivity index (χ2n) is 7.43. The Morgan fingerprint density at radius 1 is 1.00 bits per heavy atom. The molecule has 0 bridgehead atoms. The lowest BCUT2D eigenvalue weighted by Gasteiger charge is -2.38. The number of aryl methyl sites for hydroxylation is 1. The fourth-order valence-electron chi connectivity index (χ4n) is 3.93. The maximum Gasteiger partial charge on any atom is 0.251 e. The molecule has 0 atom stereocenters. The molecule has 1 amide bonds. The second kappa shape index (κ2) is 8.35. The molecule has 0 unspecified atom stereocenters. The summed E-state index contributed by atoms with van der Waals surface area (Å²) in [7, 11) is 0. The molecule has 1 heterocycles. The highest BCUT2D eigenvalue weighted by atomic mass is 16.1. The van der Waals surface area contributed by atoms with Crippen LogP contribution in [0.2, 0.25) is 0 Å². The molecule has 148 valence electrons. The lowest BCUT2D eigenvalue weighted by molar-refractivity contribution is -0.112. The zero-order chi connectivity index (χ0) is 20.2. The Hall–Kier alpha value is -3.34. The van der Waals surface area contributed by atoms with Crippen molar-refractivity contribution >= 4 is 29.3 Å². The number of carbonyl (C=O) groups is 2. The molecule has 0 spiro atoms. The summed E-state index contributed by atoms with van der Waals surface area (Å²) in [6.45, 7) is 5.65. The fourth-order valence-corrected chi connectivity index (χ4v) is 3.93. The van der Waals surface area contributed by atoms with E-state index < -0.39 is 0 Å². The van der Waals surface area contributed by atoms with Crippen LogP contribution in [0, 0.1) is 6.92 Å². The van der Waals surface area contributed by atoms with Gasteiger partial charge in [0.1, 0.15) is 6.29 Å². The minimum atomic E-state index is -0.113. The van der Waals surface area contributed by atoms with Gasteiger partial charge >= 0.3 is 0 Å². The standard InChI is InChI=1S/C24H25N3O2/c1-18-6-2-5-9-22(18)26-12-14-27(15-13-26)23-11-10-19(17-28)16-21(23)25-24(29)20-7-3-4-8-20/h2-7,9-11,16-17H,8,12-15H2,1H3,(H,25,29). The zero-order valence-electron chi connectivity index (χ0n) is 16.6. The molecule has 1 aliphatic carbocycles. The van der Waals surface area contributed by atoms with Gasteiger partial charge in [0.05, 0.1) is 11.4 Å². The van der Waals surface area contributed by atoms with E-state index in [4.69, 9.17) is 0 Å². The van der Waals surface area contributed by atoms with E-state index in [-0.39, 0.29) is 5.91 Å². The number of allylic oxidation sites excluding steroid dienone is 3. The number of piperazine rings is 1. The van der Waals surface area contributed by atoms with E-state index in [9.17, 15) is 9.59 Å². The van der Waals surface area contributed by atoms with E-state index in [0.29, 0.717) is 17.7 Å². The van der Waals surface area contributed by atoms with Crippen molar-refractivity contribution in [1.82, 2.24) is 0 Å². The molecule has 1 saturated heterocycles. The van der Waals surface area contributed by atoms with Gasteiger partial charge < -0.3 is 15.1 Å². The van der Waals surface area contributed by atoms with Crippen molar-refractivity contribution in [2.75, 3.05) is 41.3 Å². The van der Waals surface area contributed by atoms with Crippen LogP contribution < -0.4 is 15.1 Å². The van der Waals surface area contributed by atoms with Gasteiger partial charge in [0, 0.05) is 43.0 Å². The minimum Gasteiger partial charge on any atom is -0.368 e. The average molecular weight is 387 g/mol. The monoisotopic (exact) mass is 387 g/mol. The van der Waals surface area contributed by atoms with Gasteiger partial charge in [-0.05, 0) is 43.2 Å². The molecule has 2 aromatic carbocycles. The SMILES string of the molecule is Cc1ccccc1N1CCN(c2ccc(C=O)cc2NC(=O)C2=CC=CC2)CC1.